The highest BCUT2D eigenvalue weighted by atomic mass is 32.1. The zero-order valence-electron chi connectivity index (χ0n) is 19.4. The van der Waals surface area contributed by atoms with Gasteiger partial charge in [-0.25, -0.2) is 9.78 Å². The summed E-state index contributed by atoms with van der Waals surface area (Å²) in [5, 5.41) is 15.6. The topological polar surface area (TPSA) is 120 Å². The Kier molecular flexibility index (Phi) is 8.35. The molecule has 1 fully saturated rings. The maximum absolute atomic E-state index is 12.6. The molecule has 184 valence electrons. The summed E-state index contributed by atoms with van der Waals surface area (Å²) >= 11 is 1.24. The fraction of sp³-hybridized carbons (Fsp3) is 0.375. The molecule has 2 aromatic heterocycles. The molecular formula is C24H27N5O5S. The highest BCUT2D eigenvalue weighted by Gasteiger charge is 2.22. The van der Waals surface area contributed by atoms with Gasteiger partial charge in [0, 0.05) is 55.8 Å². The summed E-state index contributed by atoms with van der Waals surface area (Å²) in [5.74, 6) is -0.0416. The summed E-state index contributed by atoms with van der Waals surface area (Å²) < 4.78 is 10.6. The zero-order chi connectivity index (χ0) is 24.6. The summed E-state index contributed by atoms with van der Waals surface area (Å²) in [4.78, 5) is 35.2. The molecule has 35 heavy (non-hydrogen) atoms. The lowest BCUT2D eigenvalue weighted by molar-refractivity contribution is -0.385. The molecule has 0 bridgehead atoms. The van der Waals surface area contributed by atoms with Crippen LogP contribution in [0, 0.1) is 10.1 Å². The molecule has 0 aliphatic carbocycles. The van der Waals surface area contributed by atoms with Crippen molar-refractivity contribution in [2.75, 3.05) is 44.8 Å². The van der Waals surface area contributed by atoms with Crippen molar-refractivity contribution in [3.05, 3.63) is 68.8 Å². The lowest BCUT2D eigenvalue weighted by Gasteiger charge is -2.27. The van der Waals surface area contributed by atoms with E-state index in [-0.39, 0.29) is 17.2 Å². The monoisotopic (exact) mass is 497 g/mol. The van der Waals surface area contributed by atoms with Gasteiger partial charge in [-0.3, -0.25) is 20.0 Å². The number of aromatic nitrogens is 2. The van der Waals surface area contributed by atoms with Crippen molar-refractivity contribution in [3.8, 4) is 10.6 Å². The molecule has 3 heterocycles. The first-order chi connectivity index (χ1) is 17.1. The zero-order valence-corrected chi connectivity index (χ0v) is 20.3. The van der Waals surface area contributed by atoms with Crippen molar-refractivity contribution >= 4 is 28.8 Å². The van der Waals surface area contributed by atoms with E-state index in [4.69, 9.17) is 9.47 Å². The second kappa shape index (κ2) is 11.8. The van der Waals surface area contributed by atoms with E-state index in [0.717, 1.165) is 24.2 Å². The number of anilines is 1. The molecule has 0 amide bonds. The largest absolute Gasteiger partial charge is 0.462 e. The van der Waals surface area contributed by atoms with Crippen LogP contribution in [0.15, 0.2) is 42.7 Å². The quantitative estimate of drug-likeness (QED) is 0.253. The summed E-state index contributed by atoms with van der Waals surface area (Å²) in [5.41, 5.74) is 2.54. The van der Waals surface area contributed by atoms with Gasteiger partial charge in [0.1, 0.15) is 5.01 Å². The van der Waals surface area contributed by atoms with Crippen LogP contribution in [0.25, 0.3) is 10.6 Å². The van der Waals surface area contributed by atoms with Gasteiger partial charge in [0.2, 0.25) is 0 Å². The first-order valence-electron chi connectivity index (χ1n) is 11.4. The highest BCUT2D eigenvalue weighted by molar-refractivity contribution is 7.17. The molecule has 3 aromatic rings. The number of benzene rings is 1. The van der Waals surface area contributed by atoms with Crippen molar-refractivity contribution in [1.29, 1.82) is 0 Å². The first-order valence-corrected chi connectivity index (χ1v) is 12.3. The van der Waals surface area contributed by atoms with Gasteiger partial charge in [0.25, 0.3) is 5.69 Å². The number of hydrogen-bond donors (Lipinski definition) is 1. The number of carbonyl (C=O) groups is 1. The Morgan fingerprint density at radius 3 is 2.74 bits per heavy atom. The first kappa shape index (κ1) is 24.7. The number of pyridine rings is 1. The standard InChI is InChI=1S/C24H27N5O5S/c1-2-34-24(30)21-22(27-23(35-21)17-6-9-25-10-7-17)26-11-8-19-18(4-3-5-20(19)29(31)32)16-28-12-14-33-15-13-28/h3-7,9-10,26H,2,8,11-16H2,1H3. The van der Waals surface area contributed by atoms with E-state index in [1.165, 1.54) is 17.4 Å². The summed E-state index contributed by atoms with van der Waals surface area (Å²) in [6.45, 7) is 5.89. The van der Waals surface area contributed by atoms with E-state index < -0.39 is 5.97 Å². The second-order valence-corrected chi connectivity index (χ2v) is 8.89. The molecule has 4 rings (SSSR count). The molecule has 1 N–H and O–H groups in total. The van der Waals surface area contributed by atoms with Crippen molar-refractivity contribution in [2.45, 2.75) is 19.9 Å². The Morgan fingerprint density at radius 2 is 2.03 bits per heavy atom. The van der Waals surface area contributed by atoms with Crippen LogP contribution in [0.5, 0.6) is 0 Å². The van der Waals surface area contributed by atoms with Crippen LogP contribution in [0.2, 0.25) is 0 Å². The number of nitro groups is 1. The molecule has 1 aliphatic rings. The lowest BCUT2D eigenvalue weighted by atomic mass is 10.0. The van der Waals surface area contributed by atoms with Crippen LogP contribution in [0.3, 0.4) is 0 Å². The van der Waals surface area contributed by atoms with Gasteiger partial charge in [-0.15, -0.1) is 11.3 Å². The minimum absolute atomic E-state index is 0.0962. The van der Waals surface area contributed by atoms with Crippen LogP contribution in [0.4, 0.5) is 11.5 Å². The Balaban J connectivity index is 1.54. The van der Waals surface area contributed by atoms with Gasteiger partial charge in [0.15, 0.2) is 10.7 Å². The van der Waals surface area contributed by atoms with Crippen molar-refractivity contribution in [3.63, 3.8) is 0 Å². The third-order valence-corrected chi connectivity index (χ3v) is 6.71. The minimum atomic E-state index is -0.452. The number of esters is 1. The van der Waals surface area contributed by atoms with Gasteiger partial charge in [-0.2, -0.15) is 0 Å². The van der Waals surface area contributed by atoms with E-state index in [9.17, 15) is 14.9 Å². The van der Waals surface area contributed by atoms with Crippen molar-refractivity contribution in [1.82, 2.24) is 14.9 Å². The van der Waals surface area contributed by atoms with Crippen LogP contribution < -0.4 is 5.32 Å². The SMILES string of the molecule is CCOC(=O)c1sc(-c2ccncc2)nc1NCCc1c(CN2CCOCC2)cccc1[N+](=O)[O-]. The number of nitro benzene ring substituents is 1. The van der Waals surface area contributed by atoms with E-state index >= 15 is 0 Å². The van der Waals surface area contributed by atoms with Crippen LogP contribution in [0.1, 0.15) is 27.7 Å². The Bertz CT molecular complexity index is 1160. The number of rotatable bonds is 10. The number of ether oxygens (including phenoxy) is 2. The predicted molar refractivity (Wildman–Crippen MR) is 133 cm³/mol. The van der Waals surface area contributed by atoms with E-state index in [1.54, 1.807) is 25.4 Å². The Hall–Kier alpha value is -3.41. The fourth-order valence-electron chi connectivity index (χ4n) is 3.93. The average molecular weight is 498 g/mol. The van der Waals surface area contributed by atoms with Crippen LogP contribution >= 0.6 is 11.3 Å². The van der Waals surface area contributed by atoms with Crippen molar-refractivity contribution < 1.29 is 19.2 Å². The molecule has 0 atom stereocenters. The number of carbonyl (C=O) groups excluding carboxylic acids is 1. The molecule has 0 spiro atoms. The normalized spacial score (nSPS) is 14.0. The number of hydrogen-bond acceptors (Lipinski definition) is 10. The average Bonchev–Trinajstić information content (AvgIpc) is 3.30. The molecule has 0 saturated carbocycles. The Labute approximate surface area is 207 Å². The minimum Gasteiger partial charge on any atom is -0.462 e. The molecule has 0 unspecified atom stereocenters. The molecule has 1 aromatic carbocycles. The summed E-state index contributed by atoms with van der Waals surface area (Å²) in [6, 6.07) is 8.84. The van der Waals surface area contributed by atoms with Gasteiger partial charge in [-0.05, 0) is 31.0 Å². The molecule has 11 heteroatoms. The highest BCUT2D eigenvalue weighted by Crippen LogP contribution is 2.32. The maximum atomic E-state index is 12.6. The number of nitrogens with zero attached hydrogens (tertiary/aromatic N) is 4. The van der Waals surface area contributed by atoms with Gasteiger partial charge in [0.05, 0.1) is 24.7 Å². The predicted octanol–water partition coefficient (Wildman–Crippen LogP) is 3.78. The number of thiazole rings is 1. The maximum Gasteiger partial charge on any atom is 0.352 e. The van der Waals surface area contributed by atoms with Gasteiger partial charge >= 0.3 is 5.97 Å². The number of morpholine rings is 1. The van der Waals surface area contributed by atoms with Crippen molar-refractivity contribution in [2.24, 2.45) is 0 Å². The summed E-state index contributed by atoms with van der Waals surface area (Å²) in [7, 11) is 0. The van der Waals surface area contributed by atoms with E-state index in [1.807, 2.05) is 18.2 Å². The lowest BCUT2D eigenvalue weighted by Crippen LogP contribution is -2.36. The molecule has 0 radical (unpaired) electrons. The van der Waals surface area contributed by atoms with Gasteiger partial charge < -0.3 is 14.8 Å². The molecule has 10 nitrogen and oxygen atoms in total. The third kappa shape index (κ3) is 6.18. The van der Waals surface area contributed by atoms with Crippen LogP contribution in [-0.4, -0.2) is 65.2 Å². The molecule has 1 saturated heterocycles. The smallest absolute Gasteiger partial charge is 0.352 e. The summed E-state index contributed by atoms with van der Waals surface area (Å²) in [6.07, 6.45) is 3.73. The number of nitrogens with one attached hydrogen (secondary N) is 1. The van der Waals surface area contributed by atoms with Gasteiger partial charge in [-0.1, -0.05) is 12.1 Å². The third-order valence-electron chi connectivity index (χ3n) is 5.63. The van der Waals surface area contributed by atoms with E-state index in [0.29, 0.717) is 54.0 Å². The molecular weight excluding hydrogens is 470 g/mol. The Morgan fingerprint density at radius 1 is 1.26 bits per heavy atom. The van der Waals surface area contributed by atoms with E-state index in [2.05, 4.69) is 20.2 Å². The van der Waals surface area contributed by atoms with Crippen LogP contribution in [-0.2, 0) is 22.4 Å². The second-order valence-electron chi connectivity index (χ2n) is 7.89. The fourth-order valence-corrected chi connectivity index (χ4v) is 4.87. The molecule has 1 aliphatic heterocycles.